The molecule has 0 bridgehead atoms. The van der Waals surface area contributed by atoms with E-state index < -0.39 is 25.9 Å². The van der Waals surface area contributed by atoms with Crippen molar-refractivity contribution >= 4 is 19.9 Å². The van der Waals surface area contributed by atoms with Crippen molar-refractivity contribution < 1.29 is 16.8 Å². The minimum atomic E-state index is -3.86. The van der Waals surface area contributed by atoms with E-state index in [1.54, 1.807) is 0 Å². The molecular weight excluding hydrogens is 382 g/mol. The Morgan fingerprint density at radius 3 is 1.44 bits per heavy atom. The van der Waals surface area contributed by atoms with Crippen molar-refractivity contribution in [1.82, 2.24) is 4.72 Å². The second-order valence-electron chi connectivity index (χ2n) is 6.12. The number of rotatable bonds is 6. The largest absolute Gasteiger partial charge is 0.241 e. The first-order valence-electron chi connectivity index (χ1n) is 8.20. The molecule has 0 unspecified atom stereocenters. The zero-order valence-electron chi connectivity index (χ0n) is 14.6. The summed E-state index contributed by atoms with van der Waals surface area (Å²) in [5.41, 5.74) is 1.61. The van der Waals surface area contributed by atoms with Gasteiger partial charge in [0.2, 0.25) is 10.0 Å². The number of benzene rings is 3. The van der Waals surface area contributed by atoms with Crippen molar-refractivity contribution in [3.05, 3.63) is 96.1 Å². The summed E-state index contributed by atoms with van der Waals surface area (Å²) in [6, 6.07) is 23.2. The lowest BCUT2D eigenvalue weighted by molar-refractivity contribution is 0.571. The molecule has 5 nitrogen and oxygen atoms in total. The first kappa shape index (κ1) is 19.3. The summed E-state index contributed by atoms with van der Waals surface area (Å²) in [5.74, 6) is 0. The Morgan fingerprint density at radius 1 is 0.630 bits per heavy atom. The topological polar surface area (TPSA) is 80.3 Å². The van der Waals surface area contributed by atoms with Crippen LogP contribution in [0.1, 0.15) is 17.2 Å². The summed E-state index contributed by atoms with van der Waals surface area (Å²) in [5, 5.41) is 0. The van der Waals surface area contributed by atoms with E-state index in [-0.39, 0.29) is 9.79 Å². The number of hydrogen-bond acceptors (Lipinski definition) is 4. The van der Waals surface area contributed by atoms with Crippen molar-refractivity contribution in [2.75, 3.05) is 6.26 Å². The second-order valence-corrected chi connectivity index (χ2v) is 9.85. The van der Waals surface area contributed by atoms with Gasteiger partial charge in [0.1, 0.15) is 0 Å². The second kappa shape index (κ2) is 7.64. The molecule has 0 radical (unpaired) electrons. The van der Waals surface area contributed by atoms with Gasteiger partial charge in [-0.05, 0) is 35.4 Å². The first-order chi connectivity index (χ1) is 12.8. The molecule has 0 aliphatic rings. The van der Waals surface area contributed by atoms with Crippen molar-refractivity contribution in [2.45, 2.75) is 15.8 Å². The highest BCUT2D eigenvalue weighted by atomic mass is 32.2. The van der Waals surface area contributed by atoms with E-state index in [4.69, 9.17) is 0 Å². The fourth-order valence-corrected chi connectivity index (χ4v) is 4.55. The maximum atomic E-state index is 12.9. The van der Waals surface area contributed by atoms with Crippen molar-refractivity contribution in [3.63, 3.8) is 0 Å². The molecule has 0 heterocycles. The number of sulfone groups is 1. The smallest absolute Gasteiger partial charge is 0.224 e. The summed E-state index contributed by atoms with van der Waals surface area (Å²) in [4.78, 5) is 0.0795. The molecule has 3 aromatic rings. The zero-order chi connectivity index (χ0) is 19.5. The van der Waals surface area contributed by atoms with Gasteiger partial charge in [-0.15, -0.1) is 0 Å². The van der Waals surface area contributed by atoms with E-state index in [0.29, 0.717) is 0 Å². The highest BCUT2D eigenvalue weighted by Gasteiger charge is 2.23. The summed E-state index contributed by atoms with van der Waals surface area (Å²) < 4.78 is 51.7. The van der Waals surface area contributed by atoms with Crippen LogP contribution in [-0.2, 0) is 19.9 Å². The predicted molar refractivity (Wildman–Crippen MR) is 105 cm³/mol. The zero-order valence-corrected chi connectivity index (χ0v) is 16.2. The van der Waals surface area contributed by atoms with Gasteiger partial charge in [0, 0.05) is 6.26 Å². The Labute approximate surface area is 159 Å². The number of sulfonamides is 1. The molecule has 0 spiro atoms. The van der Waals surface area contributed by atoms with E-state index in [0.717, 1.165) is 17.4 Å². The Hall–Kier alpha value is -2.48. The predicted octanol–water partition coefficient (Wildman–Crippen LogP) is 3.16. The molecule has 7 heteroatoms. The molecule has 0 saturated heterocycles. The minimum absolute atomic E-state index is 0.00626. The molecule has 140 valence electrons. The van der Waals surface area contributed by atoms with Gasteiger partial charge in [-0.2, -0.15) is 4.72 Å². The third kappa shape index (κ3) is 4.63. The van der Waals surface area contributed by atoms with Crippen LogP contribution in [0.3, 0.4) is 0 Å². The van der Waals surface area contributed by atoms with E-state index in [2.05, 4.69) is 4.72 Å². The normalized spacial score (nSPS) is 12.2. The van der Waals surface area contributed by atoms with Gasteiger partial charge in [-0.3, -0.25) is 0 Å². The fraction of sp³-hybridized carbons (Fsp3) is 0.100. The Morgan fingerprint density at radius 2 is 1.04 bits per heavy atom. The summed E-state index contributed by atoms with van der Waals surface area (Å²) in [6.07, 6.45) is 1.08. The highest BCUT2D eigenvalue weighted by Crippen LogP contribution is 2.25. The van der Waals surface area contributed by atoms with Gasteiger partial charge in [0.05, 0.1) is 15.8 Å². The molecule has 27 heavy (non-hydrogen) atoms. The SMILES string of the molecule is CS(=O)(=O)c1ccc(S(=O)(=O)NC(c2ccccc2)c2ccccc2)cc1. The van der Waals surface area contributed by atoms with Crippen LogP contribution in [0.5, 0.6) is 0 Å². The van der Waals surface area contributed by atoms with Crippen LogP contribution in [0.4, 0.5) is 0 Å². The third-order valence-corrected chi connectivity index (χ3v) is 6.67. The molecule has 0 aromatic heterocycles. The van der Waals surface area contributed by atoms with Crippen molar-refractivity contribution in [1.29, 1.82) is 0 Å². The Balaban J connectivity index is 1.98. The van der Waals surface area contributed by atoms with E-state index >= 15 is 0 Å². The van der Waals surface area contributed by atoms with Gasteiger partial charge >= 0.3 is 0 Å². The molecule has 0 aliphatic heterocycles. The fourth-order valence-electron chi connectivity index (χ4n) is 2.71. The molecule has 0 fully saturated rings. The molecule has 3 aromatic carbocycles. The van der Waals surface area contributed by atoms with E-state index in [9.17, 15) is 16.8 Å². The van der Waals surface area contributed by atoms with Crippen LogP contribution in [0.15, 0.2) is 94.7 Å². The van der Waals surface area contributed by atoms with Crippen LogP contribution < -0.4 is 4.72 Å². The van der Waals surface area contributed by atoms with Gasteiger partial charge in [-0.1, -0.05) is 60.7 Å². The van der Waals surface area contributed by atoms with Gasteiger partial charge in [-0.25, -0.2) is 16.8 Å². The third-order valence-electron chi connectivity index (χ3n) is 4.10. The minimum Gasteiger partial charge on any atom is -0.224 e. The quantitative estimate of drug-likeness (QED) is 0.688. The molecule has 0 aliphatic carbocycles. The average Bonchev–Trinajstić information content (AvgIpc) is 2.67. The lowest BCUT2D eigenvalue weighted by atomic mass is 10.00. The lowest BCUT2D eigenvalue weighted by Crippen LogP contribution is -2.29. The monoisotopic (exact) mass is 401 g/mol. The van der Waals surface area contributed by atoms with Crippen molar-refractivity contribution in [3.8, 4) is 0 Å². The number of hydrogen-bond donors (Lipinski definition) is 1. The van der Waals surface area contributed by atoms with Gasteiger partial charge < -0.3 is 0 Å². The maximum absolute atomic E-state index is 12.9. The van der Waals surface area contributed by atoms with Crippen LogP contribution in [0.25, 0.3) is 0 Å². The van der Waals surface area contributed by atoms with Crippen LogP contribution in [-0.4, -0.2) is 23.1 Å². The van der Waals surface area contributed by atoms with E-state index in [1.165, 1.54) is 24.3 Å². The summed E-state index contributed by atoms with van der Waals surface area (Å²) in [6.45, 7) is 0. The Kier molecular flexibility index (Phi) is 5.46. The van der Waals surface area contributed by atoms with Gasteiger partial charge in [0.25, 0.3) is 0 Å². The number of nitrogens with one attached hydrogen (secondary N) is 1. The summed E-state index contributed by atoms with van der Waals surface area (Å²) >= 11 is 0. The van der Waals surface area contributed by atoms with Gasteiger partial charge in [0.15, 0.2) is 9.84 Å². The standard InChI is InChI=1S/C20H19NO4S2/c1-26(22,23)18-12-14-19(15-13-18)27(24,25)21-20(16-8-4-2-5-9-16)17-10-6-3-7-11-17/h2-15,20-21H,1H3. The highest BCUT2D eigenvalue weighted by molar-refractivity contribution is 7.90. The Bertz CT molecular complexity index is 1070. The lowest BCUT2D eigenvalue weighted by Gasteiger charge is -2.20. The van der Waals surface area contributed by atoms with Crippen molar-refractivity contribution in [2.24, 2.45) is 0 Å². The molecule has 0 amide bonds. The van der Waals surface area contributed by atoms with Crippen LogP contribution in [0, 0.1) is 0 Å². The van der Waals surface area contributed by atoms with E-state index in [1.807, 2.05) is 60.7 Å². The summed E-state index contributed by atoms with van der Waals surface area (Å²) in [7, 11) is -7.25. The molecule has 0 saturated carbocycles. The maximum Gasteiger partial charge on any atom is 0.241 e. The average molecular weight is 402 g/mol. The molecule has 0 atom stereocenters. The molecular formula is C20H19NO4S2. The molecule has 3 rings (SSSR count). The van der Waals surface area contributed by atoms with Crippen LogP contribution >= 0.6 is 0 Å². The molecule has 1 N–H and O–H groups in total. The first-order valence-corrected chi connectivity index (χ1v) is 11.6. The van der Waals surface area contributed by atoms with Crippen LogP contribution in [0.2, 0.25) is 0 Å².